The normalized spacial score (nSPS) is 23.0. The Hall–Kier alpha value is -2.34. The molecule has 0 spiro atoms. The maximum atomic E-state index is 12.1. The van der Waals surface area contributed by atoms with Crippen molar-refractivity contribution in [2.75, 3.05) is 18.0 Å². The van der Waals surface area contributed by atoms with Crippen LogP contribution in [0, 0.1) is 0 Å². The standard InChI is InChI=1S/C19H23N3O3/c23-17(24)11-20-13-4-6-14(7-5-13)22-9-8-12-10-21-19(25)15-2-1-3-16(22)18(12)15/h1-3,10,13-14,20H,4-9,11H2,(H,21,25)(H,23,24). The minimum Gasteiger partial charge on any atom is -0.480 e. The maximum Gasteiger partial charge on any atom is 0.317 e. The van der Waals surface area contributed by atoms with E-state index in [4.69, 9.17) is 5.11 Å². The number of pyridine rings is 1. The molecule has 0 bridgehead atoms. The van der Waals surface area contributed by atoms with Crippen LogP contribution in [0.2, 0.25) is 0 Å². The molecular weight excluding hydrogens is 318 g/mol. The smallest absolute Gasteiger partial charge is 0.317 e. The summed E-state index contributed by atoms with van der Waals surface area (Å²) in [6.45, 7) is 1.00. The van der Waals surface area contributed by atoms with Gasteiger partial charge in [-0.05, 0) is 49.8 Å². The van der Waals surface area contributed by atoms with Gasteiger partial charge in [-0.1, -0.05) is 6.07 Å². The molecule has 0 amide bonds. The molecule has 2 aliphatic rings. The number of hydrogen-bond donors (Lipinski definition) is 3. The molecule has 2 aromatic rings. The highest BCUT2D eigenvalue weighted by Crippen LogP contribution is 2.36. The third-order valence-corrected chi connectivity index (χ3v) is 5.60. The van der Waals surface area contributed by atoms with Crippen molar-refractivity contribution in [2.45, 2.75) is 44.2 Å². The van der Waals surface area contributed by atoms with Crippen molar-refractivity contribution in [1.29, 1.82) is 0 Å². The van der Waals surface area contributed by atoms with E-state index in [1.807, 2.05) is 18.3 Å². The molecule has 0 saturated heterocycles. The number of carboxylic acids is 1. The number of benzene rings is 1. The molecule has 1 aliphatic heterocycles. The molecule has 6 heteroatoms. The van der Waals surface area contributed by atoms with Crippen LogP contribution in [0.5, 0.6) is 0 Å². The molecule has 4 rings (SSSR count). The number of aromatic nitrogens is 1. The van der Waals surface area contributed by atoms with E-state index in [0.29, 0.717) is 12.1 Å². The van der Waals surface area contributed by atoms with Gasteiger partial charge >= 0.3 is 5.97 Å². The number of aliphatic carboxylic acids is 1. The second kappa shape index (κ2) is 6.52. The molecule has 1 saturated carbocycles. The number of hydrogen-bond acceptors (Lipinski definition) is 4. The number of carboxylic acid groups (broad SMARTS) is 1. The highest BCUT2D eigenvalue weighted by atomic mass is 16.4. The predicted molar refractivity (Wildman–Crippen MR) is 97.3 cm³/mol. The zero-order valence-corrected chi connectivity index (χ0v) is 14.1. The Morgan fingerprint density at radius 2 is 2.08 bits per heavy atom. The fraction of sp³-hybridized carbons (Fsp3) is 0.474. The van der Waals surface area contributed by atoms with E-state index in [9.17, 15) is 9.59 Å². The van der Waals surface area contributed by atoms with Gasteiger partial charge in [0, 0.05) is 41.3 Å². The molecule has 1 fully saturated rings. The summed E-state index contributed by atoms with van der Waals surface area (Å²) in [6.07, 6.45) is 6.89. The third-order valence-electron chi connectivity index (χ3n) is 5.60. The third kappa shape index (κ3) is 3.02. The molecule has 132 valence electrons. The van der Waals surface area contributed by atoms with Crippen molar-refractivity contribution in [3.05, 3.63) is 40.3 Å². The summed E-state index contributed by atoms with van der Waals surface area (Å²) >= 11 is 0. The highest BCUT2D eigenvalue weighted by molar-refractivity contribution is 5.97. The monoisotopic (exact) mass is 341 g/mol. The van der Waals surface area contributed by atoms with Crippen LogP contribution in [-0.2, 0) is 11.2 Å². The average Bonchev–Trinajstić information content (AvgIpc) is 2.63. The second-order valence-corrected chi connectivity index (χ2v) is 7.07. The lowest BCUT2D eigenvalue weighted by atomic mass is 9.88. The van der Waals surface area contributed by atoms with Gasteiger partial charge in [-0.15, -0.1) is 0 Å². The molecular formula is C19H23N3O3. The molecule has 25 heavy (non-hydrogen) atoms. The Kier molecular flexibility index (Phi) is 4.21. The summed E-state index contributed by atoms with van der Waals surface area (Å²) in [7, 11) is 0. The van der Waals surface area contributed by atoms with Crippen LogP contribution >= 0.6 is 0 Å². The lowest BCUT2D eigenvalue weighted by Gasteiger charge is -2.41. The van der Waals surface area contributed by atoms with Gasteiger partial charge in [0.15, 0.2) is 0 Å². The minimum atomic E-state index is -0.799. The van der Waals surface area contributed by atoms with Crippen LogP contribution in [0.3, 0.4) is 0 Å². The highest BCUT2D eigenvalue weighted by Gasteiger charge is 2.29. The number of aromatic amines is 1. The van der Waals surface area contributed by atoms with Gasteiger partial charge in [-0.25, -0.2) is 0 Å². The molecule has 0 unspecified atom stereocenters. The molecule has 0 atom stereocenters. The van der Waals surface area contributed by atoms with Gasteiger partial charge in [0.05, 0.1) is 6.54 Å². The number of anilines is 1. The lowest BCUT2D eigenvalue weighted by molar-refractivity contribution is -0.136. The molecule has 1 aromatic carbocycles. The Morgan fingerprint density at radius 1 is 1.28 bits per heavy atom. The first-order valence-electron chi connectivity index (χ1n) is 8.98. The molecule has 1 aliphatic carbocycles. The molecule has 2 heterocycles. The van der Waals surface area contributed by atoms with Gasteiger partial charge in [0.1, 0.15) is 0 Å². The van der Waals surface area contributed by atoms with Crippen molar-refractivity contribution < 1.29 is 9.90 Å². The quantitative estimate of drug-likeness (QED) is 0.791. The fourth-order valence-electron chi connectivity index (χ4n) is 4.37. The first kappa shape index (κ1) is 16.1. The topological polar surface area (TPSA) is 85.4 Å². The number of H-pyrrole nitrogens is 1. The molecule has 3 N–H and O–H groups in total. The summed E-state index contributed by atoms with van der Waals surface area (Å²) in [5.41, 5.74) is 2.37. The maximum absolute atomic E-state index is 12.1. The van der Waals surface area contributed by atoms with Crippen LogP contribution in [0.15, 0.2) is 29.2 Å². The van der Waals surface area contributed by atoms with Crippen LogP contribution < -0.4 is 15.8 Å². The van der Waals surface area contributed by atoms with Gasteiger partial charge in [-0.2, -0.15) is 0 Å². The lowest BCUT2D eigenvalue weighted by Crippen LogP contribution is -2.45. The Bertz CT molecular complexity index is 853. The van der Waals surface area contributed by atoms with Gasteiger partial charge in [0.2, 0.25) is 0 Å². The van der Waals surface area contributed by atoms with Crippen molar-refractivity contribution in [2.24, 2.45) is 0 Å². The summed E-state index contributed by atoms with van der Waals surface area (Å²) in [5, 5.41) is 13.8. The van der Waals surface area contributed by atoms with Crippen LogP contribution in [-0.4, -0.2) is 41.2 Å². The van der Waals surface area contributed by atoms with E-state index >= 15 is 0 Å². The van der Waals surface area contributed by atoms with Crippen LogP contribution in [0.25, 0.3) is 10.8 Å². The van der Waals surface area contributed by atoms with E-state index in [1.54, 1.807) is 0 Å². The Labute approximate surface area is 145 Å². The van der Waals surface area contributed by atoms with E-state index in [-0.39, 0.29) is 12.1 Å². The zero-order chi connectivity index (χ0) is 17.4. The minimum absolute atomic E-state index is 0.0240. The van der Waals surface area contributed by atoms with Crippen molar-refractivity contribution in [1.82, 2.24) is 10.3 Å². The van der Waals surface area contributed by atoms with Crippen LogP contribution in [0.1, 0.15) is 31.2 Å². The Morgan fingerprint density at radius 3 is 2.84 bits per heavy atom. The summed E-state index contributed by atoms with van der Waals surface area (Å²) in [5.74, 6) is -0.799. The molecule has 0 radical (unpaired) electrons. The first-order chi connectivity index (χ1) is 12.1. The summed E-state index contributed by atoms with van der Waals surface area (Å²) in [4.78, 5) is 28.2. The van der Waals surface area contributed by atoms with Crippen molar-refractivity contribution in [3.63, 3.8) is 0 Å². The molecule has 1 aromatic heterocycles. The fourth-order valence-corrected chi connectivity index (χ4v) is 4.37. The number of rotatable bonds is 4. The summed E-state index contributed by atoms with van der Waals surface area (Å²) < 4.78 is 0. The number of nitrogens with one attached hydrogen (secondary N) is 2. The zero-order valence-electron chi connectivity index (χ0n) is 14.1. The van der Waals surface area contributed by atoms with Gasteiger partial charge < -0.3 is 20.3 Å². The van der Waals surface area contributed by atoms with E-state index in [2.05, 4.69) is 21.3 Å². The van der Waals surface area contributed by atoms with Crippen LogP contribution in [0.4, 0.5) is 5.69 Å². The predicted octanol–water partition coefficient (Wildman–Crippen LogP) is 1.88. The largest absolute Gasteiger partial charge is 0.480 e. The van der Waals surface area contributed by atoms with E-state index < -0.39 is 5.97 Å². The molecule has 6 nitrogen and oxygen atoms in total. The Balaban J connectivity index is 1.55. The first-order valence-corrected chi connectivity index (χ1v) is 8.98. The SMILES string of the molecule is O=C(O)CNC1CCC(N2CCc3c[nH]c(=O)c4cccc2c34)CC1. The van der Waals surface area contributed by atoms with E-state index in [1.165, 1.54) is 11.3 Å². The number of nitrogens with zero attached hydrogens (tertiary/aromatic N) is 1. The van der Waals surface area contributed by atoms with Crippen molar-refractivity contribution >= 4 is 22.4 Å². The van der Waals surface area contributed by atoms with Gasteiger partial charge in [-0.3, -0.25) is 9.59 Å². The average molecular weight is 341 g/mol. The summed E-state index contributed by atoms with van der Waals surface area (Å²) in [6, 6.07) is 6.75. The van der Waals surface area contributed by atoms with E-state index in [0.717, 1.165) is 49.4 Å². The van der Waals surface area contributed by atoms with Crippen molar-refractivity contribution in [3.8, 4) is 0 Å². The number of carbonyl (C=O) groups is 1. The van der Waals surface area contributed by atoms with Gasteiger partial charge in [0.25, 0.3) is 5.56 Å². The second-order valence-electron chi connectivity index (χ2n) is 7.07.